The minimum Gasteiger partial charge on any atom is -0.472 e. The summed E-state index contributed by atoms with van der Waals surface area (Å²) < 4.78 is 5.97. The first-order valence-electron chi connectivity index (χ1n) is 9.03. The first kappa shape index (κ1) is 18.4. The number of ether oxygens (including phenoxy) is 1. The SMILES string of the molecule is C[C@@H]1CC[C@@H](Oc2cc(Cl)ccn2)CN1C(=O)c1ccccc1-n1ncnn1. The molecule has 2 aromatic heterocycles. The molecule has 0 aliphatic carbocycles. The normalized spacial score (nSPS) is 19.4. The fourth-order valence-electron chi connectivity index (χ4n) is 3.33. The summed E-state index contributed by atoms with van der Waals surface area (Å²) in [5, 5.41) is 12.3. The van der Waals surface area contributed by atoms with Crippen LogP contribution in [0.25, 0.3) is 5.69 Å². The van der Waals surface area contributed by atoms with Crippen LogP contribution in [0.2, 0.25) is 5.02 Å². The number of hydrogen-bond acceptors (Lipinski definition) is 6. The maximum absolute atomic E-state index is 13.3. The van der Waals surface area contributed by atoms with Gasteiger partial charge in [-0.15, -0.1) is 15.0 Å². The predicted octanol–water partition coefficient (Wildman–Crippen LogP) is 2.78. The van der Waals surface area contributed by atoms with E-state index in [2.05, 4.69) is 20.4 Å². The molecule has 0 unspecified atom stereocenters. The highest BCUT2D eigenvalue weighted by Crippen LogP contribution is 2.25. The number of rotatable bonds is 4. The number of piperidine rings is 1. The highest BCUT2D eigenvalue weighted by molar-refractivity contribution is 6.30. The standard InChI is InChI=1S/C19H19ClN6O2/c1-13-6-7-15(28-18-10-14(20)8-9-21-18)11-25(13)19(27)16-4-2-3-5-17(16)26-23-12-22-24-26/h2-5,8-10,12-13,15H,6-7,11H2,1H3/t13-,15-/m1/s1. The van der Waals surface area contributed by atoms with E-state index >= 15 is 0 Å². The van der Waals surface area contributed by atoms with E-state index in [1.54, 1.807) is 30.5 Å². The first-order chi connectivity index (χ1) is 13.6. The molecule has 1 aromatic carbocycles. The molecule has 1 aliphatic heterocycles. The van der Waals surface area contributed by atoms with Gasteiger partial charge in [0.1, 0.15) is 11.8 Å². The van der Waals surface area contributed by atoms with Crippen LogP contribution in [0.3, 0.4) is 0 Å². The molecule has 28 heavy (non-hydrogen) atoms. The van der Waals surface area contributed by atoms with Gasteiger partial charge >= 0.3 is 0 Å². The van der Waals surface area contributed by atoms with Gasteiger partial charge in [0.15, 0.2) is 6.33 Å². The van der Waals surface area contributed by atoms with Gasteiger partial charge in [-0.25, -0.2) is 4.98 Å². The number of carbonyl (C=O) groups is 1. The van der Waals surface area contributed by atoms with E-state index in [1.165, 1.54) is 11.1 Å². The topological polar surface area (TPSA) is 86.0 Å². The first-order valence-corrected chi connectivity index (χ1v) is 9.41. The average molecular weight is 399 g/mol. The number of amides is 1. The number of tetrazole rings is 1. The molecular weight excluding hydrogens is 380 g/mol. The van der Waals surface area contributed by atoms with Crippen LogP contribution in [0.1, 0.15) is 30.1 Å². The van der Waals surface area contributed by atoms with Crippen molar-refractivity contribution in [2.75, 3.05) is 6.54 Å². The third kappa shape index (κ3) is 3.82. The molecule has 1 aliphatic rings. The number of pyridine rings is 1. The summed E-state index contributed by atoms with van der Waals surface area (Å²) in [6, 6.07) is 10.7. The number of nitrogens with zero attached hydrogens (tertiary/aromatic N) is 6. The molecule has 1 amide bonds. The number of hydrogen-bond donors (Lipinski definition) is 0. The summed E-state index contributed by atoms with van der Waals surface area (Å²) in [6.07, 6.45) is 4.47. The third-order valence-corrected chi connectivity index (χ3v) is 5.02. The number of para-hydroxylation sites is 1. The lowest BCUT2D eigenvalue weighted by atomic mass is 9.99. The number of aromatic nitrogens is 5. The zero-order chi connectivity index (χ0) is 19.5. The second-order valence-corrected chi connectivity index (χ2v) is 7.11. The lowest BCUT2D eigenvalue weighted by Gasteiger charge is -2.38. The Kier molecular flexibility index (Phi) is 5.21. The third-order valence-electron chi connectivity index (χ3n) is 4.78. The minimum atomic E-state index is -0.150. The van der Waals surface area contributed by atoms with Gasteiger partial charge in [0, 0.05) is 23.3 Å². The molecule has 144 valence electrons. The Labute approximate surface area is 167 Å². The van der Waals surface area contributed by atoms with Gasteiger partial charge in [-0.2, -0.15) is 0 Å². The van der Waals surface area contributed by atoms with Crippen LogP contribution in [0.5, 0.6) is 5.88 Å². The van der Waals surface area contributed by atoms with Crippen LogP contribution in [0, 0.1) is 0 Å². The zero-order valence-electron chi connectivity index (χ0n) is 15.3. The van der Waals surface area contributed by atoms with E-state index in [4.69, 9.17) is 16.3 Å². The summed E-state index contributed by atoms with van der Waals surface area (Å²) >= 11 is 6.01. The second kappa shape index (κ2) is 7.93. The van der Waals surface area contributed by atoms with Crippen LogP contribution >= 0.6 is 11.6 Å². The van der Waals surface area contributed by atoms with Crippen molar-refractivity contribution in [2.24, 2.45) is 0 Å². The predicted molar refractivity (Wildman–Crippen MR) is 103 cm³/mol. The lowest BCUT2D eigenvalue weighted by molar-refractivity contribution is 0.0372. The Morgan fingerprint density at radius 1 is 1.25 bits per heavy atom. The summed E-state index contributed by atoms with van der Waals surface area (Å²) in [4.78, 5) is 20.7. The second-order valence-electron chi connectivity index (χ2n) is 6.68. The highest BCUT2D eigenvalue weighted by Gasteiger charge is 2.32. The van der Waals surface area contributed by atoms with Crippen molar-refractivity contribution in [3.05, 3.63) is 59.5 Å². The van der Waals surface area contributed by atoms with Crippen LogP contribution in [0.15, 0.2) is 48.9 Å². The van der Waals surface area contributed by atoms with E-state index in [9.17, 15) is 4.79 Å². The average Bonchev–Trinajstić information content (AvgIpc) is 3.24. The van der Waals surface area contributed by atoms with Gasteiger partial charge in [-0.3, -0.25) is 4.79 Å². The maximum atomic E-state index is 13.3. The van der Waals surface area contributed by atoms with E-state index in [-0.39, 0.29) is 18.1 Å². The summed E-state index contributed by atoms with van der Waals surface area (Å²) in [5.41, 5.74) is 1.12. The van der Waals surface area contributed by atoms with Gasteiger partial charge in [-0.05, 0) is 43.2 Å². The molecular formula is C19H19ClN6O2. The molecule has 0 radical (unpaired) electrons. The Bertz CT molecular complexity index is 965. The molecule has 0 spiro atoms. The summed E-state index contributed by atoms with van der Waals surface area (Å²) in [7, 11) is 0. The zero-order valence-corrected chi connectivity index (χ0v) is 16.0. The Morgan fingerprint density at radius 2 is 2.11 bits per heavy atom. The largest absolute Gasteiger partial charge is 0.472 e. The molecule has 1 saturated heterocycles. The van der Waals surface area contributed by atoms with Crippen molar-refractivity contribution in [3.8, 4) is 11.6 Å². The number of likely N-dealkylation sites (tertiary alicyclic amines) is 1. The van der Waals surface area contributed by atoms with Crippen LogP contribution in [-0.4, -0.2) is 54.7 Å². The molecule has 3 heterocycles. The molecule has 0 saturated carbocycles. The Hall–Kier alpha value is -3.00. The fraction of sp³-hybridized carbons (Fsp3) is 0.316. The van der Waals surface area contributed by atoms with E-state index < -0.39 is 0 Å². The van der Waals surface area contributed by atoms with Gasteiger partial charge in [-0.1, -0.05) is 23.7 Å². The number of carbonyl (C=O) groups excluding carboxylic acids is 1. The minimum absolute atomic E-state index is 0.0900. The van der Waals surface area contributed by atoms with Crippen molar-refractivity contribution >= 4 is 17.5 Å². The van der Waals surface area contributed by atoms with Crippen molar-refractivity contribution in [1.82, 2.24) is 30.1 Å². The quantitative estimate of drug-likeness (QED) is 0.671. The van der Waals surface area contributed by atoms with Crippen LogP contribution < -0.4 is 4.74 Å². The Morgan fingerprint density at radius 3 is 2.89 bits per heavy atom. The molecule has 3 aromatic rings. The fourth-order valence-corrected chi connectivity index (χ4v) is 3.48. The molecule has 1 fully saturated rings. The molecule has 0 N–H and O–H groups in total. The molecule has 8 nitrogen and oxygen atoms in total. The van der Waals surface area contributed by atoms with Crippen molar-refractivity contribution in [3.63, 3.8) is 0 Å². The van der Waals surface area contributed by atoms with Gasteiger partial charge in [0.05, 0.1) is 12.1 Å². The molecule has 2 atom stereocenters. The summed E-state index contributed by atoms with van der Waals surface area (Å²) in [6.45, 7) is 2.51. The number of benzene rings is 1. The van der Waals surface area contributed by atoms with Crippen molar-refractivity contribution < 1.29 is 9.53 Å². The monoisotopic (exact) mass is 398 g/mol. The van der Waals surface area contributed by atoms with Gasteiger partial charge in [0.25, 0.3) is 5.91 Å². The van der Waals surface area contributed by atoms with Crippen LogP contribution in [0.4, 0.5) is 0 Å². The van der Waals surface area contributed by atoms with E-state index in [0.717, 1.165) is 12.8 Å². The highest BCUT2D eigenvalue weighted by atomic mass is 35.5. The molecule has 4 rings (SSSR count). The maximum Gasteiger partial charge on any atom is 0.256 e. The van der Waals surface area contributed by atoms with Gasteiger partial charge in [0.2, 0.25) is 5.88 Å². The molecule has 0 bridgehead atoms. The van der Waals surface area contributed by atoms with Gasteiger partial charge < -0.3 is 9.64 Å². The molecule has 9 heteroatoms. The van der Waals surface area contributed by atoms with Crippen LogP contribution in [-0.2, 0) is 0 Å². The van der Waals surface area contributed by atoms with Crippen molar-refractivity contribution in [2.45, 2.75) is 31.9 Å². The number of halogens is 1. The van der Waals surface area contributed by atoms with E-state index in [1.807, 2.05) is 24.0 Å². The lowest BCUT2D eigenvalue weighted by Crippen LogP contribution is -2.49. The smallest absolute Gasteiger partial charge is 0.256 e. The van der Waals surface area contributed by atoms with E-state index in [0.29, 0.717) is 28.7 Å². The summed E-state index contributed by atoms with van der Waals surface area (Å²) in [5.74, 6) is 0.374. The Balaban J connectivity index is 1.55. The van der Waals surface area contributed by atoms with Crippen molar-refractivity contribution in [1.29, 1.82) is 0 Å².